The Morgan fingerprint density at radius 3 is 2.72 bits per heavy atom. The lowest BCUT2D eigenvalue weighted by atomic mass is 10.2. The Kier molecular flexibility index (Phi) is 4.96. The molecule has 0 unspecified atom stereocenters. The summed E-state index contributed by atoms with van der Waals surface area (Å²) >= 11 is 1.56. The first-order valence-electron chi connectivity index (χ1n) is 7.36. The molecule has 0 aliphatic carbocycles. The predicted molar refractivity (Wildman–Crippen MR) is 98.3 cm³/mol. The highest BCUT2D eigenvalue weighted by Gasteiger charge is 2.14. The minimum absolute atomic E-state index is 0.116. The Labute approximate surface area is 147 Å². The van der Waals surface area contributed by atoms with E-state index < -0.39 is 10.8 Å². The van der Waals surface area contributed by atoms with Gasteiger partial charge in [-0.05, 0) is 29.8 Å². The number of thiophene rings is 1. The molecule has 1 aromatic carbocycles. The molecule has 0 atom stereocenters. The SMILES string of the molecule is O=C(/C=C/c1ccc(-c2ccccc2)s1)Nc1ccncc1[N+](=O)[O-]. The number of anilines is 1. The van der Waals surface area contributed by atoms with Gasteiger partial charge >= 0.3 is 5.69 Å². The number of pyridine rings is 1. The van der Waals surface area contributed by atoms with Gasteiger partial charge in [0.25, 0.3) is 0 Å². The molecule has 1 N–H and O–H groups in total. The predicted octanol–water partition coefficient (Wildman–Crippen LogP) is 4.37. The van der Waals surface area contributed by atoms with Gasteiger partial charge in [0.1, 0.15) is 11.9 Å². The van der Waals surface area contributed by atoms with Gasteiger partial charge in [-0.25, -0.2) is 0 Å². The molecule has 0 spiro atoms. The molecule has 124 valence electrons. The Bertz CT molecular complexity index is 936. The molecule has 0 radical (unpaired) electrons. The van der Waals surface area contributed by atoms with Crippen molar-refractivity contribution in [2.75, 3.05) is 5.32 Å². The van der Waals surface area contributed by atoms with Crippen LogP contribution in [0.3, 0.4) is 0 Å². The van der Waals surface area contributed by atoms with E-state index in [2.05, 4.69) is 10.3 Å². The number of hydrogen-bond acceptors (Lipinski definition) is 5. The Morgan fingerprint density at radius 2 is 1.96 bits per heavy atom. The number of rotatable bonds is 5. The topological polar surface area (TPSA) is 85.1 Å². The van der Waals surface area contributed by atoms with Gasteiger partial charge in [0.15, 0.2) is 0 Å². The van der Waals surface area contributed by atoms with Crippen LogP contribution in [0.25, 0.3) is 16.5 Å². The zero-order valence-corrected chi connectivity index (χ0v) is 13.8. The van der Waals surface area contributed by atoms with Crippen molar-refractivity contribution in [1.82, 2.24) is 4.98 Å². The molecule has 2 aromatic heterocycles. The largest absolute Gasteiger partial charge is 0.317 e. The summed E-state index contributed by atoms with van der Waals surface area (Å²) in [6.45, 7) is 0. The maximum Gasteiger partial charge on any atom is 0.310 e. The Hall–Kier alpha value is -3.32. The van der Waals surface area contributed by atoms with Gasteiger partial charge in [0.05, 0.1) is 4.92 Å². The fourth-order valence-electron chi connectivity index (χ4n) is 2.17. The van der Waals surface area contributed by atoms with Gasteiger partial charge in [0.2, 0.25) is 5.91 Å². The maximum absolute atomic E-state index is 12.0. The van der Waals surface area contributed by atoms with Crippen LogP contribution in [0.2, 0.25) is 0 Å². The summed E-state index contributed by atoms with van der Waals surface area (Å²) in [5, 5.41) is 13.4. The highest BCUT2D eigenvalue weighted by molar-refractivity contribution is 7.16. The Balaban J connectivity index is 1.70. The van der Waals surface area contributed by atoms with Crippen LogP contribution in [0.5, 0.6) is 0 Å². The first-order chi connectivity index (χ1) is 12.1. The zero-order chi connectivity index (χ0) is 17.6. The number of hydrogen-bond donors (Lipinski definition) is 1. The summed E-state index contributed by atoms with van der Waals surface area (Å²) in [6.07, 6.45) is 5.52. The quantitative estimate of drug-likeness (QED) is 0.420. The van der Waals surface area contributed by atoms with Crippen LogP contribution in [0.4, 0.5) is 11.4 Å². The molecule has 0 saturated carbocycles. The van der Waals surface area contributed by atoms with Gasteiger partial charge in [-0.2, -0.15) is 0 Å². The van der Waals surface area contributed by atoms with Crippen molar-refractivity contribution in [2.45, 2.75) is 0 Å². The zero-order valence-electron chi connectivity index (χ0n) is 13.0. The molecule has 3 rings (SSSR count). The second-order valence-corrected chi connectivity index (χ2v) is 6.16. The lowest BCUT2D eigenvalue weighted by molar-refractivity contribution is -0.384. The lowest BCUT2D eigenvalue weighted by Gasteiger charge is -2.02. The van der Waals surface area contributed by atoms with Gasteiger partial charge in [-0.15, -0.1) is 11.3 Å². The van der Waals surface area contributed by atoms with E-state index in [1.165, 1.54) is 18.3 Å². The third-order valence-corrected chi connectivity index (χ3v) is 4.44. The van der Waals surface area contributed by atoms with E-state index >= 15 is 0 Å². The van der Waals surface area contributed by atoms with Gasteiger partial charge in [-0.3, -0.25) is 19.9 Å². The third kappa shape index (κ3) is 4.15. The van der Waals surface area contributed by atoms with E-state index in [9.17, 15) is 14.9 Å². The van der Waals surface area contributed by atoms with E-state index in [1.54, 1.807) is 17.4 Å². The fourth-order valence-corrected chi connectivity index (χ4v) is 3.09. The van der Waals surface area contributed by atoms with E-state index in [0.29, 0.717) is 0 Å². The number of amides is 1. The summed E-state index contributed by atoms with van der Waals surface area (Å²) in [7, 11) is 0. The lowest BCUT2D eigenvalue weighted by Crippen LogP contribution is -2.09. The van der Waals surface area contributed by atoms with Crippen molar-refractivity contribution in [1.29, 1.82) is 0 Å². The highest BCUT2D eigenvalue weighted by atomic mass is 32.1. The first-order valence-corrected chi connectivity index (χ1v) is 8.18. The molecule has 7 heteroatoms. The average Bonchev–Trinajstić information content (AvgIpc) is 3.10. The van der Waals surface area contributed by atoms with Crippen molar-refractivity contribution in [3.05, 3.63) is 82.0 Å². The van der Waals surface area contributed by atoms with Crippen molar-refractivity contribution in [2.24, 2.45) is 0 Å². The van der Waals surface area contributed by atoms with Crippen LogP contribution in [0.1, 0.15) is 4.88 Å². The average molecular weight is 351 g/mol. The molecular formula is C18H13N3O3S. The van der Waals surface area contributed by atoms with Crippen LogP contribution >= 0.6 is 11.3 Å². The first kappa shape index (κ1) is 16.5. The molecule has 1 amide bonds. The molecule has 0 aliphatic rings. The molecule has 2 heterocycles. The standard InChI is InChI=1S/C18H13N3O3S/c22-18(20-15-10-11-19-12-16(15)21(23)24)9-7-14-6-8-17(25-14)13-4-2-1-3-5-13/h1-12H,(H,19,20,22)/b9-7+. The van der Waals surface area contributed by atoms with Gasteiger partial charge in [-0.1, -0.05) is 30.3 Å². The van der Waals surface area contributed by atoms with Gasteiger partial charge < -0.3 is 5.32 Å². The minimum atomic E-state index is -0.586. The molecular weight excluding hydrogens is 338 g/mol. The second kappa shape index (κ2) is 7.50. The molecule has 0 aliphatic heterocycles. The molecule has 0 bridgehead atoms. The van der Waals surface area contributed by atoms with Gasteiger partial charge in [0, 0.05) is 22.0 Å². The molecule has 6 nitrogen and oxygen atoms in total. The van der Waals surface area contributed by atoms with Crippen LogP contribution in [0.15, 0.2) is 67.0 Å². The summed E-state index contributed by atoms with van der Waals surface area (Å²) in [5.41, 5.74) is 0.988. The number of carbonyl (C=O) groups is 1. The van der Waals surface area contributed by atoms with Crippen molar-refractivity contribution < 1.29 is 9.72 Å². The van der Waals surface area contributed by atoms with E-state index in [4.69, 9.17) is 0 Å². The van der Waals surface area contributed by atoms with Crippen LogP contribution < -0.4 is 5.32 Å². The van der Waals surface area contributed by atoms with Crippen molar-refractivity contribution in [3.8, 4) is 10.4 Å². The molecule has 0 saturated heterocycles. The number of nitro groups is 1. The monoisotopic (exact) mass is 351 g/mol. The fraction of sp³-hybridized carbons (Fsp3) is 0. The molecule has 0 fully saturated rings. The number of aromatic nitrogens is 1. The second-order valence-electron chi connectivity index (χ2n) is 5.04. The summed E-state index contributed by atoms with van der Waals surface area (Å²) < 4.78 is 0. The maximum atomic E-state index is 12.0. The third-order valence-electron chi connectivity index (χ3n) is 3.34. The highest BCUT2D eigenvalue weighted by Crippen LogP contribution is 2.28. The number of nitrogens with zero attached hydrogens (tertiary/aromatic N) is 2. The smallest absolute Gasteiger partial charge is 0.310 e. The summed E-state index contributed by atoms with van der Waals surface area (Å²) in [6, 6.07) is 15.3. The molecule has 3 aromatic rings. The molecule has 25 heavy (non-hydrogen) atoms. The van der Waals surface area contributed by atoms with Crippen molar-refractivity contribution in [3.63, 3.8) is 0 Å². The van der Waals surface area contributed by atoms with E-state index in [1.807, 2.05) is 42.5 Å². The van der Waals surface area contributed by atoms with Crippen molar-refractivity contribution >= 4 is 34.7 Å². The summed E-state index contributed by atoms with van der Waals surface area (Å²) in [4.78, 5) is 28.0. The normalized spacial score (nSPS) is 10.7. The van der Waals surface area contributed by atoms with E-state index in [-0.39, 0.29) is 11.4 Å². The number of nitrogens with one attached hydrogen (secondary N) is 1. The van der Waals surface area contributed by atoms with E-state index in [0.717, 1.165) is 21.5 Å². The van der Waals surface area contributed by atoms with Crippen LogP contribution in [0, 0.1) is 10.1 Å². The number of benzene rings is 1. The minimum Gasteiger partial charge on any atom is -0.317 e. The number of carbonyl (C=O) groups excluding carboxylic acids is 1. The summed E-state index contributed by atoms with van der Waals surface area (Å²) in [5.74, 6) is -0.441. The van der Waals surface area contributed by atoms with Crippen LogP contribution in [-0.2, 0) is 4.79 Å². The van der Waals surface area contributed by atoms with Crippen LogP contribution in [-0.4, -0.2) is 15.8 Å². The Morgan fingerprint density at radius 1 is 1.16 bits per heavy atom.